The monoisotopic (exact) mass is 443 g/mol. The molecule has 0 aliphatic carbocycles. The number of fused-ring (bicyclic) bond motifs is 1. The molecule has 2 heterocycles. The van der Waals surface area contributed by atoms with E-state index in [1.807, 2.05) is 36.5 Å². The van der Waals surface area contributed by atoms with Gasteiger partial charge in [0, 0.05) is 12.7 Å². The highest BCUT2D eigenvalue weighted by atomic mass is 79.9. The molecule has 0 fully saturated rings. The molecule has 23 heavy (non-hydrogen) atoms. The zero-order valence-corrected chi connectivity index (χ0v) is 16.1. The lowest BCUT2D eigenvalue weighted by atomic mass is 10.0. The van der Waals surface area contributed by atoms with Crippen molar-refractivity contribution >= 4 is 51.2 Å². The second kappa shape index (κ2) is 8.42. The van der Waals surface area contributed by atoms with Crippen molar-refractivity contribution in [3.63, 3.8) is 0 Å². The summed E-state index contributed by atoms with van der Waals surface area (Å²) in [5.74, 6) is 1.47. The zero-order valence-electron chi connectivity index (χ0n) is 12.7. The first kappa shape index (κ1) is 19.6. The van der Waals surface area contributed by atoms with Crippen LogP contribution in [0.25, 0.3) is 5.57 Å². The van der Waals surface area contributed by atoms with Crippen LogP contribution in [0, 0.1) is 0 Å². The van der Waals surface area contributed by atoms with Gasteiger partial charge in [-0.05, 0) is 42.7 Å². The van der Waals surface area contributed by atoms with Crippen molar-refractivity contribution in [1.29, 1.82) is 0 Å². The molecule has 2 N–H and O–H groups in total. The lowest BCUT2D eigenvalue weighted by Gasteiger charge is -2.19. The second-order valence-electron chi connectivity index (χ2n) is 4.95. The molecule has 7 heteroatoms. The Kier molecular flexibility index (Phi) is 7.18. The first-order valence-electron chi connectivity index (χ1n) is 6.92. The van der Waals surface area contributed by atoms with Crippen molar-refractivity contribution in [3.05, 3.63) is 47.9 Å². The maximum atomic E-state index is 12.0. The number of amides is 1. The Labute approximate surface area is 156 Å². The molecular formula is C16H19Br2N3O2. The topological polar surface area (TPSA) is 67.9 Å². The van der Waals surface area contributed by atoms with Crippen LogP contribution in [-0.4, -0.2) is 29.7 Å². The lowest BCUT2D eigenvalue weighted by molar-refractivity contribution is -0.119. The Morgan fingerprint density at radius 3 is 2.61 bits per heavy atom. The molecule has 1 aromatic rings. The largest absolute Gasteiger partial charge is 0.492 e. The van der Waals surface area contributed by atoms with Gasteiger partial charge in [-0.3, -0.25) is 9.69 Å². The van der Waals surface area contributed by atoms with Gasteiger partial charge in [-0.25, -0.2) is 4.99 Å². The van der Waals surface area contributed by atoms with E-state index in [-0.39, 0.29) is 39.9 Å². The van der Waals surface area contributed by atoms with Gasteiger partial charge in [0.05, 0.1) is 0 Å². The van der Waals surface area contributed by atoms with E-state index in [0.29, 0.717) is 18.9 Å². The number of halogens is 2. The third-order valence-corrected chi connectivity index (χ3v) is 3.46. The Morgan fingerprint density at radius 1 is 1.26 bits per heavy atom. The molecule has 0 saturated carbocycles. The number of carbonyl (C=O) groups is 1. The van der Waals surface area contributed by atoms with E-state index in [0.717, 1.165) is 29.1 Å². The number of benzene rings is 1. The minimum Gasteiger partial charge on any atom is -0.492 e. The number of ether oxygens (including phenoxy) is 1. The van der Waals surface area contributed by atoms with Crippen molar-refractivity contribution in [1.82, 2.24) is 4.90 Å². The lowest BCUT2D eigenvalue weighted by Crippen LogP contribution is -2.24. The Hall–Kier alpha value is -1.44. The molecule has 0 atom stereocenters. The van der Waals surface area contributed by atoms with Crippen LogP contribution in [0.3, 0.4) is 0 Å². The highest BCUT2D eigenvalue weighted by Crippen LogP contribution is 2.30. The van der Waals surface area contributed by atoms with Crippen LogP contribution in [0.5, 0.6) is 5.75 Å². The predicted molar refractivity (Wildman–Crippen MR) is 102 cm³/mol. The first-order chi connectivity index (χ1) is 10.2. The van der Waals surface area contributed by atoms with Gasteiger partial charge in [0.2, 0.25) is 0 Å². The fourth-order valence-electron chi connectivity index (χ4n) is 2.36. The quantitative estimate of drug-likeness (QED) is 0.775. The van der Waals surface area contributed by atoms with Gasteiger partial charge in [-0.2, -0.15) is 0 Å². The molecule has 0 saturated heterocycles. The Balaban J connectivity index is 0.00000132. The SMILES string of the molecule is Br.Br.CC1=NC2=CCC(c3ccc(OCCN)cc3)=CN2C1=O. The molecule has 2 aliphatic heterocycles. The van der Waals surface area contributed by atoms with Gasteiger partial charge < -0.3 is 10.5 Å². The normalized spacial score (nSPS) is 15.7. The number of aliphatic imine (C=N–C) groups is 1. The van der Waals surface area contributed by atoms with Crippen molar-refractivity contribution in [3.8, 4) is 5.75 Å². The molecular weight excluding hydrogens is 426 g/mol. The van der Waals surface area contributed by atoms with E-state index in [1.54, 1.807) is 11.8 Å². The smallest absolute Gasteiger partial charge is 0.277 e. The van der Waals surface area contributed by atoms with Crippen LogP contribution in [0.2, 0.25) is 0 Å². The summed E-state index contributed by atoms with van der Waals surface area (Å²) in [7, 11) is 0. The van der Waals surface area contributed by atoms with Crippen molar-refractivity contribution in [2.75, 3.05) is 13.2 Å². The predicted octanol–water partition coefficient (Wildman–Crippen LogP) is 3.07. The highest BCUT2D eigenvalue weighted by molar-refractivity contribution is 8.93. The molecule has 124 valence electrons. The van der Waals surface area contributed by atoms with E-state index in [1.165, 1.54) is 0 Å². The van der Waals surface area contributed by atoms with Crippen molar-refractivity contribution in [2.24, 2.45) is 10.7 Å². The van der Waals surface area contributed by atoms with E-state index >= 15 is 0 Å². The van der Waals surface area contributed by atoms with Gasteiger partial charge >= 0.3 is 0 Å². The van der Waals surface area contributed by atoms with E-state index in [2.05, 4.69) is 4.99 Å². The minimum atomic E-state index is -0.0543. The van der Waals surface area contributed by atoms with Crippen molar-refractivity contribution in [2.45, 2.75) is 13.3 Å². The van der Waals surface area contributed by atoms with Crippen LogP contribution in [0.15, 0.2) is 47.4 Å². The summed E-state index contributed by atoms with van der Waals surface area (Å²) >= 11 is 0. The molecule has 1 amide bonds. The summed E-state index contributed by atoms with van der Waals surface area (Å²) in [5, 5.41) is 0. The van der Waals surface area contributed by atoms with Gasteiger partial charge in [0.1, 0.15) is 23.9 Å². The zero-order chi connectivity index (χ0) is 14.8. The van der Waals surface area contributed by atoms with Gasteiger partial charge in [-0.1, -0.05) is 12.1 Å². The minimum absolute atomic E-state index is 0. The van der Waals surface area contributed by atoms with E-state index in [9.17, 15) is 4.79 Å². The van der Waals surface area contributed by atoms with Crippen LogP contribution in [0.4, 0.5) is 0 Å². The maximum absolute atomic E-state index is 12.0. The summed E-state index contributed by atoms with van der Waals surface area (Å²) in [6.07, 6.45) is 4.61. The third kappa shape index (κ3) is 4.10. The maximum Gasteiger partial charge on any atom is 0.277 e. The van der Waals surface area contributed by atoms with Gasteiger partial charge in [-0.15, -0.1) is 34.0 Å². The fourth-order valence-corrected chi connectivity index (χ4v) is 2.36. The molecule has 0 unspecified atom stereocenters. The fraction of sp³-hybridized carbons (Fsp3) is 0.250. The number of hydrogen-bond acceptors (Lipinski definition) is 4. The van der Waals surface area contributed by atoms with Crippen molar-refractivity contribution < 1.29 is 9.53 Å². The van der Waals surface area contributed by atoms with Crippen LogP contribution in [0.1, 0.15) is 18.9 Å². The average molecular weight is 445 g/mol. The van der Waals surface area contributed by atoms with Crippen LogP contribution < -0.4 is 10.5 Å². The Bertz CT molecular complexity index is 666. The summed E-state index contributed by atoms with van der Waals surface area (Å²) < 4.78 is 5.46. The standard InChI is InChI=1S/C16H17N3O2.2BrH/c1-11-16(20)19-10-13(4-7-15(19)18-11)12-2-5-14(6-3-12)21-9-8-17;;/h2-3,5-7,10H,4,8-9,17H2,1H3;2*1H. The summed E-state index contributed by atoms with van der Waals surface area (Å²) in [6.45, 7) is 2.74. The van der Waals surface area contributed by atoms with Crippen LogP contribution in [-0.2, 0) is 4.79 Å². The number of rotatable bonds is 4. The summed E-state index contributed by atoms with van der Waals surface area (Å²) in [5.41, 5.74) is 8.10. The van der Waals surface area contributed by atoms with Gasteiger partial charge in [0.25, 0.3) is 5.91 Å². The molecule has 1 aromatic carbocycles. The molecule has 0 aromatic heterocycles. The molecule has 3 rings (SSSR count). The van der Waals surface area contributed by atoms with E-state index in [4.69, 9.17) is 10.5 Å². The van der Waals surface area contributed by atoms with Gasteiger partial charge in [0.15, 0.2) is 0 Å². The molecule has 2 aliphatic rings. The molecule has 0 bridgehead atoms. The number of hydrogen-bond donors (Lipinski definition) is 1. The second-order valence-corrected chi connectivity index (χ2v) is 4.95. The summed E-state index contributed by atoms with van der Waals surface area (Å²) in [4.78, 5) is 17.8. The number of nitrogens with two attached hydrogens (primary N) is 1. The molecule has 5 nitrogen and oxygen atoms in total. The molecule has 0 spiro atoms. The third-order valence-electron chi connectivity index (χ3n) is 3.46. The number of nitrogens with zero attached hydrogens (tertiary/aromatic N) is 2. The number of allylic oxidation sites excluding steroid dienone is 2. The van der Waals surface area contributed by atoms with Crippen LogP contribution >= 0.6 is 34.0 Å². The van der Waals surface area contributed by atoms with E-state index < -0.39 is 0 Å². The Morgan fingerprint density at radius 2 is 1.96 bits per heavy atom. The summed E-state index contributed by atoms with van der Waals surface area (Å²) in [6, 6.07) is 7.81. The first-order valence-corrected chi connectivity index (χ1v) is 6.92. The average Bonchev–Trinajstić information content (AvgIpc) is 2.80. The highest BCUT2D eigenvalue weighted by Gasteiger charge is 2.28. The molecule has 0 radical (unpaired) electrons. The number of carbonyl (C=O) groups excluding carboxylic acids is 1.